The molecule has 1 aromatic rings. The molecule has 0 spiro atoms. The van der Waals surface area contributed by atoms with E-state index in [1.54, 1.807) is 0 Å². The van der Waals surface area contributed by atoms with Crippen LogP contribution in [0.25, 0.3) is 0 Å². The predicted octanol–water partition coefficient (Wildman–Crippen LogP) is 3.15. The molecule has 4 rings (SSSR count). The second-order valence-corrected chi connectivity index (χ2v) is 8.40. The molecule has 0 saturated carbocycles. The van der Waals surface area contributed by atoms with Crippen molar-refractivity contribution in [3.8, 4) is 0 Å². The third-order valence-corrected chi connectivity index (χ3v) is 6.24. The number of rotatable bonds is 9. The van der Waals surface area contributed by atoms with Gasteiger partial charge in [0.25, 0.3) is 0 Å². The van der Waals surface area contributed by atoms with Crippen LogP contribution in [-0.2, 0) is 30.3 Å². The number of hydrogen-bond donors (Lipinski definition) is 1. The van der Waals surface area contributed by atoms with Crippen LogP contribution in [0.5, 0.6) is 0 Å². The number of esters is 1. The fourth-order valence-corrected chi connectivity index (χ4v) is 4.64. The Hall–Kier alpha value is -1.47. The van der Waals surface area contributed by atoms with E-state index in [-0.39, 0.29) is 36.5 Å². The van der Waals surface area contributed by atoms with Crippen molar-refractivity contribution in [3.05, 3.63) is 35.9 Å². The van der Waals surface area contributed by atoms with E-state index in [1.807, 2.05) is 30.3 Å². The van der Waals surface area contributed by atoms with E-state index >= 15 is 0 Å². The Balaban J connectivity index is 1.12. The van der Waals surface area contributed by atoms with E-state index in [9.17, 15) is 9.90 Å². The average Bonchev–Trinajstić information content (AvgIpc) is 3.48. The van der Waals surface area contributed by atoms with Gasteiger partial charge in [-0.15, -0.1) is 0 Å². The van der Waals surface area contributed by atoms with E-state index in [1.165, 1.54) is 0 Å². The molecule has 3 heterocycles. The Bertz CT molecular complexity index is 650. The van der Waals surface area contributed by atoms with Crippen LogP contribution >= 0.6 is 0 Å². The van der Waals surface area contributed by atoms with Gasteiger partial charge in [0.1, 0.15) is 6.10 Å². The smallest absolute Gasteiger partial charge is 0.306 e. The summed E-state index contributed by atoms with van der Waals surface area (Å²) < 4.78 is 23.3. The Kier molecular flexibility index (Phi) is 7.19. The highest BCUT2D eigenvalue weighted by Gasteiger charge is 2.43. The SMILES string of the molecule is O=C1CC[C@@H]([C@H]2CC[C@H]([C@@H]3CC[C@H]([C@H](O)CCCOCc4ccccc4)O3)O2)O1. The molecule has 0 bridgehead atoms. The van der Waals surface area contributed by atoms with Crippen LogP contribution in [0.3, 0.4) is 0 Å². The fraction of sp³-hybridized carbons (Fsp3) is 0.696. The van der Waals surface area contributed by atoms with Crippen molar-refractivity contribution in [1.29, 1.82) is 0 Å². The summed E-state index contributed by atoms with van der Waals surface area (Å²) in [5, 5.41) is 10.5. The third kappa shape index (κ3) is 5.57. The molecule has 1 aromatic carbocycles. The molecule has 1 N–H and O–H groups in total. The van der Waals surface area contributed by atoms with Crippen molar-refractivity contribution in [1.82, 2.24) is 0 Å². The zero-order valence-corrected chi connectivity index (χ0v) is 16.9. The van der Waals surface area contributed by atoms with Crippen molar-refractivity contribution in [3.63, 3.8) is 0 Å². The number of carbonyl (C=O) groups excluding carboxylic acids is 1. The topological polar surface area (TPSA) is 74.2 Å². The van der Waals surface area contributed by atoms with Crippen LogP contribution in [0, 0.1) is 0 Å². The van der Waals surface area contributed by atoms with E-state index in [0.29, 0.717) is 26.1 Å². The highest BCUT2D eigenvalue weighted by atomic mass is 16.6. The lowest BCUT2D eigenvalue weighted by Gasteiger charge is -2.24. The monoisotopic (exact) mass is 404 g/mol. The summed E-state index contributed by atoms with van der Waals surface area (Å²) in [5.41, 5.74) is 1.16. The standard InChI is InChI=1S/C23H32O6/c24-17(7-4-14-26-15-16-5-2-1-3-6-16)18-8-9-19(27-18)20-10-11-21(28-20)22-12-13-23(25)29-22/h1-3,5-6,17-22,24H,4,7-15H2/t17-,18-,19+,20-,21-,22+/m1/s1. The molecule has 29 heavy (non-hydrogen) atoms. The molecule has 160 valence electrons. The van der Waals surface area contributed by atoms with Crippen LogP contribution in [0.2, 0.25) is 0 Å². The lowest BCUT2D eigenvalue weighted by molar-refractivity contribution is -0.149. The Morgan fingerprint density at radius 2 is 1.69 bits per heavy atom. The summed E-state index contributed by atoms with van der Waals surface area (Å²) in [6, 6.07) is 10.1. The number of hydrogen-bond acceptors (Lipinski definition) is 6. The van der Waals surface area contributed by atoms with Crippen LogP contribution in [-0.4, -0.2) is 54.3 Å². The second-order valence-electron chi connectivity index (χ2n) is 8.40. The van der Waals surface area contributed by atoms with Crippen molar-refractivity contribution < 1.29 is 28.8 Å². The molecule has 3 saturated heterocycles. The molecule has 3 aliphatic heterocycles. The van der Waals surface area contributed by atoms with E-state index < -0.39 is 6.10 Å². The van der Waals surface area contributed by atoms with Gasteiger partial charge in [-0.2, -0.15) is 0 Å². The van der Waals surface area contributed by atoms with Crippen molar-refractivity contribution >= 4 is 5.97 Å². The Labute approximate surface area is 172 Å². The largest absolute Gasteiger partial charge is 0.460 e. The van der Waals surface area contributed by atoms with Gasteiger partial charge in [0.05, 0.1) is 37.1 Å². The highest BCUT2D eigenvalue weighted by molar-refractivity contribution is 5.71. The lowest BCUT2D eigenvalue weighted by atomic mass is 10.0. The summed E-state index contributed by atoms with van der Waals surface area (Å²) in [5.74, 6) is -0.116. The summed E-state index contributed by atoms with van der Waals surface area (Å²) in [6.45, 7) is 1.24. The minimum absolute atomic E-state index is 0.000729. The van der Waals surface area contributed by atoms with Crippen LogP contribution in [0.15, 0.2) is 30.3 Å². The first kappa shape index (κ1) is 20.8. The first-order valence-electron chi connectivity index (χ1n) is 11.0. The number of cyclic esters (lactones) is 1. The van der Waals surface area contributed by atoms with Gasteiger partial charge in [-0.25, -0.2) is 0 Å². The predicted molar refractivity (Wildman–Crippen MR) is 106 cm³/mol. The molecule has 3 aliphatic rings. The molecular weight excluding hydrogens is 372 g/mol. The number of aliphatic hydroxyl groups excluding tert-OH is 1. The van der Waals surface area contributed by atoms with Crippen molar-refractivity contribution in [2.45, 2.75) is 94.6 Å². The summed E-state index contributed by atoms with van der Waals surface area (Å²) in [7, 11) is 0. The van der Waals surface area contributed by atoms with Gasteiger partial charge in [0.2, 0.25) is 0 Å². The highest BCUT2D eigenvalue weighted by Crippen LogP contribution is 2.36. The summed E-state index contributed by atoms with van der Waals surface area (Å²) in [6.07, 6.45) is 5.76. The molecule has 0 radical (unpaired) electrons. The maximum absolute atomic E-state index is 11.3. The maximum atomic E-state index is 11.3. The van der Waals surface area contributed by atoms with E-state index in [0.717, 1.165) is 44.1 Å². The molecule has 3 fully saturated rings. The van der Waals surface area contributed by atoms with Gasteiger partial charge in [0.15, 0.2) is 0 Å². The lowest BCUT2D eigenvalue weighted by Crippen LogP contribution is -2.33. The van der Waals surface area contributed by atoms with Gasteiger partial charge >= 0.3 is 5.97 Å². The molecule has 0 amide bonds. The van der Waals surface area contributed by atoms with Gasteiger partial charge < -0.3 is 24.1 Å². The van der Waals surface area contributed by atoms with E-state index in [4.69, 9.17) is 18.9 Å². The number of aliphatic hydroxyl groups is 1. The van der Waals surface area contributed by atoms with Crippen molar-refractivity contribution in [2.24, 2.45) is 0 Å². The molecule has 0 aromatic heterocycles. The zero-order chi connectivity index (χ0) is 20.1. The zero-order valence-electron chi connectivity index (χ0n) is 16.9. The maximum Gasteiger partial charge on any atom is 0.306 e. The minimum atomic E-state index is -0.465. The van der Waals surface area contributed by atoms with E-state index in [2.05, 4.69) is 0 Å². The van der Waals surface area contributed by atoms with Gasteiger partial charge in [-0.1, -0.05) is 30.3 Å². The molecule has 0 unspecified atom stereocenters. The normalized spacial score (nSPS) is 33.1. The summed E-state index contributed by atoms with van der Waals surface area (Å²) in [4.78, 5) is 11.3. The fourth-order valence-electron chi connectivity index (χ4n) is 4.64. The molecule has 6 atom stereocenters. The second kappa shape index (κ2) is 10.0. The first-order valence-corrected chi connectivity index (χ1v) is 11.0. The number of ether oxygens (including phenoxy) is 4. The average molecular weight is 405 g/mol. The van der Waals surface area contributed by atoms with Crippen LogP contribution < -0.4 is 0 Å². The third-order valence-electron chi connectivity index (χ3n) is 6.24. The van der Waals surface area contributed by atoms with Crippen LogP contribution in [0.4, 0.5) is 0 Å². The number of carbonyl (C=O) groups is 1. The van der Waals surface area contributed by atoms with Gasteiger partial charge in [-0.05, 0) is 50.5 Å². The van der Waals surface area contributed by atoms with Gasteiger partial charge in [-0.3, -0.25) is 4.79 Å². The first-order chi connectivity index (χ1) is 14.2. The Morgan fingerprint density at radius 3 is 2.45 bits per heavy atom. The van der Waals surface area contributed by atoms with Crippen molar-refractivity contribution in [2.75, 3.05) is 6.61 Å². The minimum Gasteiger partial charge on any atom is -0.460 e. The molecule has 6 nitrogen and oxygen atoms in total. The molecular formula is C23H32O6. The quantitative estimate of drug-likeness (QED) is 0.503. The molecule has 6 heteroatoms. The number of benzene rings is 1. The van der Waals surface area contributed by atoms with Crippen LogP contribution in [0.1, 0.15) is 56.9 Å². The Morgan fingerprint density at radius 1 is 0.966 bits per heavy atom. The van der Waals surface area contributed by atoms with Gasteiger partial charge in [0, 0.05) is 13.0 Å². The summed E-state index contributed by atoms with van der Waals surface area (Å²) >= 11 is 0. The molecule has 0 aliphatic carbocycles.